The Balaban J connectivity index is 0.00000312. The molecule has 0 fully saturated rings. The van der Waals surface area contributed by atoms with Gasteiger partial charge in [-0.05, 0) is 29.8 Å². The van der Waals surface area contributed by atoms with Gasteiger partial charge in [-0.15, -0.1) is 24.0 Å². The van der Waals surface area contributed by atoms with E-state index in [0.717, 1.165) is 18.1 Å². The smallest absolute Gasteiger partial charge is 0.337 e. The van der Waals surface area contributed by atoms with Crippen LogP contribution in [0.1, 0.15) is 21.6 Å². The summed E-state index contributed by atoms with van der Waals surface area (Å²) in [6, 6.07) is 11.5. The number of carbonyl (C=O) groups excluding carboxylic acids is 1. The molecule has 2 aromatic rings. The molecule has 1 heterocycles. The van der Waals surface area contributed by atoms with Gasteiger partial charge in [0.2, 0.25) is 0 Å². The molecule has 1 aromatic carbocycles. The van der Waals surface area contributed by atoms with E-state index in [2.05, 4.69) is 25.8 Å². The fourth-order valence-electron chi connectivity index (χ4n) is 2.42. The highest BCUT2D eigenvalue weighted by atomic mass is 127. The van der Waals surface area contributed by atoms with Crippen LogP contribution in [0.15, 0.2) is 47.6 Å². The molecular weight excluding hydrogens is 431 g/mol. The molecule has 0 saturated carbocycles. The lowest BCUT2D eigenvalue weighted by Gasteiger charge is -2.22. The summed E-state index contributed by atoms with van der Waals surface area (Å²) in [5, 5.41) is 3.33. The molecule has 0 amide bonds. The fraction of sp³-hybridized carbons (Fsp3) is 0.333. The normalized spacial score (nSPS) is 10.8. The van der Waals surface area contributed by atoms with E-state index >= 15 is 0 Å². The standard InChI is InChI=1S/C18H24N4O2.HI/c1-19-18(22(3)13-16-6-5-11-21(16)2)20-12-14-7-9-15(10-8-14)17(23)24-4;/h5-11H,12-13H2,1-4H3,(H,19,20);1H. The lowest BCUT2D eigenvalue weighted by atomic mass is 10.1. The summed E-state index contributed by atoms with van der Waals surface area (Å²) < 4.78 is 6.79. The van der Waals surface area contributed by atoms with Gasteiger partial charge in [0.15, 0.2) is 5.96 Å². The molecule has 25 heavy (non-hydrogen) atoms. The maximum atomic E-state index is 11.4. The molecule has 0 radical (unpaired) electrons. The number of hydrogen-bond acceptors (Lipinski definition) is 3. The maximum Gasteiger partial charge on any atom is 0.337 e. The molecule has 0 aliphatic rings. The number of guanidine groups is 1. The molecule has 136 valence electrons. The number of esters is 1. The van der Waals surface area contributed by atoms with Crippen molar-refractivity contribution in [2.24, 2.45) is 12.0 Å². The Hall–Kier alpha value is -2.03. The summed E-state index contributed by atoms with van der Waals surface area (Å²) >= 11 is 0. The van der Waals surface area contributed by atoms with E-state index in [9.17, 15) is 4.79 Å². The maximum absolute atomic E-state index is 11.4. The number of aliphatic imine (C=N–C) groups is 1. The van der Waals surface area contributed by atoms with Gasteiger partial charge in [0.1, 0.15) is 0 Å². The highest BCUT2D eigenvalue weighted by Crippen LogP contribution is 2.07. The monoisotopic (exact) mass is 456 g/mol. The Morgan fingerprint density at radius 1 is 1.28 bits per heavy atom. The van der Waals surface area contributed by atoms with Crippen LogP contribution in [0.25, 0.3) is 0 Å². The Kier molecular flexibility index (Phi) is 8.47. The van der Waals surface area contributed by atoms with Crippen molar-refractivity contribution in [3.05, 3.63) is 59.4 Å². The van der Waals surface area contributed by atoms with E-state index in [1.807, 2.05) is 38.5 Å². The predicted molar refractivity (Wildman–Crippen MR) is 110 cm³/mol. The SMILES string of the molecule is CN=C(NCc1ccc(C(=O)OC)cc1)N(C)Cc1cccn1C.I. The van der Waals surface area contributed by atoms with Crippen LogP contribution >= 0.6 is 24.0 Å². The van der Waals surface area contributed by atoms with Crippen molar-refractivity contribution < 1.29 is 9.53 Å². The molecule has 2 rings (SSSR count). The number of carbonyl (C=O) groups is 1. The van der Waals surface area contributed by atoms with Gasteiger partial charge in [0.05, 0.1) is 19.2 Å². The van der Waals surface area contributed by atoms with Crippen molar-refractivity contribution in [1.29, 1.82) is 0 Å². The zero-order valence-corrected chi connectivity index (χ0v) is 17.4. The molecular formula is C18H25IN4O2. The third-order valence-electron chi connectivity index (χ3n) is 3.85. The average molecular weight is 456 g/mol. The highest BCUT2D eigenvalue weighted by molar-refractivity contribution is 14.0. The minimum atomic E-state index is -0.326. The summed E-state index contributed by atoms with van der Waals surface area (Å²) in [4.78, 5) is 17.8. The lowest BCUT2D eigenvalue weighted by molar-refractivity contribution is 0.0600. The van der Waals surface area contributed by atoms with Crippen LogP contribution in [0.4, 0.5) is 0 Å². The number of nitrogens with zero attached hydrogens (tertiary/aromatic N) is 3. The average Bonchev–Trinajstić information content (AvgIpc) is 3.00. The third-order valence-corrected chi connectivity index (χ3v) is 3.85. The lowest BCUT2D eigenvalue weighted by Crippen LogP contribution is -2.38. The Bertz CT molecular complexity index is 710. The Morgan fingerprint density at radius 3 is 2.48 bits per heavy atom. The first-order valence-corrected chi connectivity index (χ1v) is 7.74. The molecule has 0 aliphatic carbocycles. The number of ether oxygens (including phenoxy) is 1. The first-order valence-electron chi connectivity index (χ1n) is 7.74. The molecule has 6 nitrogen and oxygen atoms in total. The number of nitrogens with one attached hydrogen (secondary N) is 1. The number of benzene rings is 1. The van der Waals surface area contributed by atoms with Gasteiger partial charge in [-0.2, -0.15) is 0 Å². The van der Waals surface area contributed by atoms with Crippen molar-refractivity contribution in [2.75, 3.05) is 21.2 Å². The van der Waals surface area contributed by atoms with Gasteiger partial charge in [0.25, 0.3) is 0 Å². The van der Waals surface area contributed by atoms with Gasteiger partial charge in [-0.25, -0.2) is 4.79 Å². The van der Waals surface area contributed by atoms with Crippen LogP contribution in [0.3, 0.4) is 0 Å². The van der Waals surface area contributed by atoms with Crippen molar-refractivity contribution in [2.45, 2.75) is 13.1 Å². The van der Waals surface area contributed by atoms with Crippen molar-refractivity contribution in [1.82, 2.24) is 14.8 Å². The molecule has 0 spiro atoms. The predicted octanol–water partition coefficient (Wildman–Crippen LogP) is 2.64. The molecule has 0 atom stereocenters. The van der Waals surface area contributed by atoms with Crippen LogP contribution in [0, 0.1) is 0 Å². The molecule has 0 saturated heterocycles. The quantitative estimate of drug-likeness (QED) is 0.325. The zero-order chi connectivity index (χ0) is 17.5. The zero-order valence-electron chi connectivity index (χ0n) is 15.0. The summed E-state index contributed by atoms with van der Waals surface area (Å²) in [7, 11) is 7.18. The van der Waals surface area contributed by atoms with Crippen LogP contribution in [-0.4, -0.2) is 42.6 Å². The number of halogens is 1. The first-order chi connectivity index (χ1) is 11.5. The summed E-state index contributed by atoms with van der Waals surface area (Å²) in [5.74, 6) is 0.487. The van der Waals surface area contributed by atoms with Gasteiger partial charge in [-0.3, -0.25) is 4.99 Å². The van der Waals surface area contributed by atoms with Crippen molar-refractivity contribution in [3.8, 4) is 0 Å². The summed E-state index contributed by atoms with van der Waals surface area (Å²) in [5.41, 5.74) is 2.82. The van der Waals surface area contributed by atoms with E-state index in [4.69, 9.17) is 4.74 Å². The highest BCUT2D eigenvalue weighted by Gasteiger charge is 2.09. The number of aromatic nitrogens is 1. The number of aryl methyl sites for hydroxylation is 1. The van der Waals surface area contributed by atoms with E-state index < -0.39 is 0 Å². The second-order valence-electron chi connectivity index (χ2n) is 5.56. The summed E-state index contributed by atoms with van der Waals surface area (Å²) in [6.45, 7) is 1.40. The number of hydrogen-bond donors (Lipinski definition) is 1. The van der Waals surface area contributed by atoms with E-state index in [0.29, 0.717) is 12.1 Å². The molecule has 0 bridgehead atoms. The summed E-state index contributed by atoms with van der Waals surface area (Å²) in [6.07, 6.45) is 2.03. The van der Waals surface area contributed by atoms with E-state index in [-0.39, 0.29) is 29.9 Å². The molecule has 1 N–H and O–H groups in total. The van der Waals surface area contributed by atoms with Crippen molar-refractivity contribution >= 4 is 35.9 Å². The fourth-order valence-corrected chi connectivity index (χ4v) is 2.42. The topological polar surface area (TPSA) is 58.9 Å². The third kappa shape index (κ3) is 5.77. The van der Waals surface area contributed by atoms with Crippen LogP contribution in [-0.2, 0) is 24.9 Å². The molecule has 1 aromatic heterocycles. The molecule has 0 unspecified atom stereocenters. The van der Waals surface area contributed by atoms with Gasteiger partial charge < -0.3 is 19.5 Å². The van der Waals surface area contributed by atoms with E-state index in [1.54, 1.807) is 19.2 Å². The first kappa shape index (κ1) is 21.0. The minimum Gasteiger partial charge on any atom is -0.465 e. The van der Waals surface area contributed by atoms with Gasteiger partial charge >= 0.3 is 5.97 Å². The van der Waals surface area contributed by atoms with Gasteiger partial charge in [0, 0.05) is 39.6 Å². The number of methoxy groups -OCH3 is 1. The Labute approximate surface area is 165 Å². The Morgan fingerprint density at radius 2 is 1.96 bits per heavy atom. The molecule has 7 heteroatoms. The largest absolute Gasteiger partial charge is 0.465 e. The molecule has 0 aliphatic heterocycles. The second-order valence-corrected chi connectivity index (χ2v) is 5.56. The van der Waals surface area contributed by atoms with Crippen LogP contribution in [0.2, 0.25) is 0 Å². The van der Waals surface area contributed by atoms with Gasteiger partial charge in [-0.1, -0.05) is 12.1 Å². The van der Waals surface area contributed by atoms with E-state index in [1.165, 1.54) is 12.8 Å². The number of rotatable bonds is 5. The second kappa shape index (κ2) is 10.1. The van der Waals surface area contributed by atoms with Crippen molar-refractivity contribution in [3.63, 3.8) is 0 Å². The minimum absolute atomic E-state index is 0. The van der Waals surface area contributed by atoms with Crippen LogP contribution in [0.5, 0.6) is 0 Å². The van der Waals surface area contributed by atoms with Crippen LogP contribution < -0.4 is 5.32 Å².